The number of alkyl halides is 3. The number of fused-ring (bicyclic) bond motifs is 1. The summed E-state index contributed by atoms with van der Waals surface area (Å²) in [7, 11) is 1.83. The van der Waals surface area contributed by atoms with Gasteiger partial charge in [0.1, 0.15) is 5.69 Å². The van der Waals surface area contributed by atoms with Crippen molar-refractivity contribution in [3.8, 4) is 0 Å². The Bertz CT molecular complexity index is 1010. The van der Waals surface area contributed by atoms with Crippen LogP contribution in [0.5, 0.6) is 0 Å². The maximum atomic E-state index is 12.8. The normalized spacial score (nSPS) is 20.4. The van der Waals surface area contributed by atoms with Crippen molar-refractivity contribution in [1.29, 1.82) is 0 Å². The zero-order chi connectivity index (χ0) is 22.9. The molecule has 0 aromatic carbocycles. The highest BCUT2D eigenvalue weighted by molar-refractivity contribution is 5.99. The van der Waals surface area contributed by atoms with Gasteiger partial charge in [-0.05, 0) is 25.5 Å². The molecule has 2 amide bonds. The van der Waals surface area contributed by atoms with E-state index in [0.29, 0.717) is 18.7 Å². The summed E-state index contributed by atoms with van der Waals surface area (Å²) in [5, 5.41) is 11.3. The number of hydrogen-bond acceptors (Lipinski definition) is 5. The molecule has 2 aromatic heterocycles. The minimum Gasteiger partial charge on any atom is -0.475 e. The molecule has 4 heterocycles. The number of aromatic nitrogens is 3. The number of likely N-dealkylation sites (tertiary alicyclic amines) is 1. The van der Waals surface area contributed by atoms with E-state index in [9.17, 15) is 22.8 Å². The molecule has 2 saturated heterocycles. The van der Waals surface area contributed by atoms with Crippen molar-refractivity contribution in [1.82, 2.24) is 19.7 Å². The van der Waals surface area contributed by atoms with Crippen molar-refractivity contribution in [3.05, 3.63) is 42.0 Å². The molecule has 166 valence electrons. The molecule has 2 aromatic rings. The minimum atomic E-state index is -5.08. The van der Waals surface area contributed by atoms with Gasteiger partial charge in [-0.3, -0.25) is 14.3 Å². The first-order valence-corrected chi connectivity index (χ1v) is 9.34. The Hall–Kier alpha value is -3.44. The third-order valence-corrected chi connectivity index (χ3v) is 5.07. The second kappa shape index (κ2) is 8.36. The molecule has 2 aliphatic rings. The summed E-state index contributed by atoms with van der Waals surface area (Å²) in [5.41, 5.74) is 2.07. The summed E-state index contributed by atoms with van der Waals surface area (Å²) >= 11 is 0. The lowest BCUT2D eigenvalue weighted by Crippen LogP contribution is -2.40. The van der Waals surface area contributed by atoms with Crippen molar-refractivity contribution >= 4 is 23.5 Å². The number of nitrogens with zero attached hydrogens (tertiary/aromatic N) is 5. The van der Waals surface area contributed by atoms with Crippen molar-refractivity contribution < 1.29 is 32.7 Å². The maximum absolute atomic E-state index is 12.8. The maximum Gasteiger partial charge on any atom is 0.490 e. The Morgan fingerprint density at radius 3 is 2.45 bits per heavy atom. The quantitative estimate of drug-likeness (QED) is 0.764. The number of carbonyl (C=O) groups excluding carboxylic acids is 2. The molecule has 2 fully saturated rings. The van der Waals surface area contributed by atoms with Gasteiger partial charge in [0.15, 0.2) is 0 Å². The van der Waals surface area contributed by atoms with Crippen LogP contribution >= 0.6 is 0 Å². The summed E-state index contributed by atoms with van der Waals surface area (Å²) in [4.78, 5) is 42.1. The Labute approximate surface area is 175 Å². The summed E-state index contributed by atoms with van der Waals surface area (Å²) in [6, 6.07) is 5.37. The number of aryl methyl sites for hydroxylation is 2. The van der Waals surface area contributed by atoms with E-state index in [4.69, 9.17) is 9.90 Å². The van der Waals surface area contributed by atoms with Crippen LogP contribution in [0.4, 0.5) is 18.9 Å². The number of amides is 2. The topological polar surface area (TPSA) is 109 Å². The van der Waals surface area contributed by atoms with Gasteiger partial charge in [-0.15, -0.1) is 0 Å². The first-order chi connectivity index (χ1) is 14.5. The van der Waals surface area contributed by atoms with Crippen molar-refractivity contribution in [2.45, 2.75) is 38.0 Å². The number of rotatable bonds is 2. The second-order valence-electron chi connectivity index (χ2n) is 7.23. The number of anilines is 1. The molecule has 31 heavy (non-hydrogen) atoms. The monoisotopic (exact) mass is 439 g/mol. The molecule has 1 N–H and O–H groups in total. The van der Waals surface area contributed by atoms with Crippen LogP contribution in [0, 0.1) is 6.92 Å². The van der Waals surface area contributed by atoms with Crippen molar-refractivity contribution in [2.24, 2.45) is 7.05 Å². The number of carboxylic acid groups (broad SMARTS) is 1. The van der Waals surface area contributed by atoms with Crippen LogP contribution in [-0.2, 0) is 16.6 Å². The highest BCUT2D eigenvalue weighted by atomic mass is 19.4. The molecular weight excluding hydrogens is 419 g/mol. The molecule has 2 atom stereocenters. The van der Waals surface area contributed by atoms with E-state index in [0.717, 1.165) is 17.8 Å². The van der Waals surface area contributed by atoms with Crippen LogP contribution < -0.4 is 4.90 Å². The van der Waals surface area contributed by atoms with Gasteiger partial charge < -0.3 is 14.9 Å². The van der Waals surface area contributed by atoms with Gasteiger partial charge in [-0.25, -0.2) is 9.78 Å². The van der Waals surface area contributed by atoms with E-state index >= 15 is 0 Å². The average molecular weight is 439 g/mol. The standard InChI is InChI=1S/C17H19N5O2.C2HF3O2/c1-11-4-3-5-13(19-11)17(24)21-7-6-14-15(21)8-16(23)22(14)12-9-18-20(2)10-12;3-2(4,5)1(6)7/h3-5,9-10,14-15H,6-8H2,1-2H3;(H,6,7)/t14-,15+;/m0./s1. The summed E-state index contributed by atoms with van der Waals surface area (Å²) < 4.78 is 33.4. The van der Waals surface area contributed by atoms with Crippen molar-refractivity contribution in [2.75, 3.05) is 11.4 Å². The van der Waals surface area contributed by atoms with Crippen LogP contribution in [-0.4, -0.2) is 67.4 Å². The number of halogens is 3. The third-order valence-electron chi connectivity index (χ3n) is 5.07. The molecule has 0 spiro atoms. The summed E-state index contributed by atoms with van der Waals surface area (Å²) in [5.74, 6) is -2.80. The van der Waals surface area contributed by atoms with E-state index in [1.54, 1.807) is 26.7 Å². The van der Waals surface area contributed by atoms with Crippen LogP contribution in [0.1, 0.15) is 29.0 Å². The number of hydrogen-bond donors (Lipinski definition) is 1. The molecule has 0 radical (unpaired) electrons. The van der Waals surface area contributed by atoms with Crippen LogP contribution in [0.3, 0.4) is 0 Å². The van der Waals surface area contributed by atoms with E-state index in [1.807, 2.05) is 32.3 Å². The smallest absolute Gasteiger partial charge is 0.475 e. The van der Waals surface area contributed by atoms with E-state index in [-0.39, 0.29) is 23.9 Å². The van der Waals surface area contributed by atoms with Gasteiger partial charge >= 0.3 is 12.1 Å². The van der Waals surface area contributed by atoms with E-state index in [1.165, 1.54) is 0 Å². The van der Waals surface area contributed by atoms with E-state index < -0.39 is 12.1 Å². The minimum absolute atomic E-state index is 0.0236. The molecule has 0 bridgehead atoms. The molecule has 0 saturated carbocycles. The van der Waals surface area contributed by atoms with Gasteiger partial charge in [0, 0.05) is 31.9 Å². The van der Waals surface area contributed by atoms with Crippen LogP contribution in [0.15, 0.2) is 30.6 Å². The van der Waals surface area contributed by atoms with E-state index in [2.05, 4.69) is 10.1 Å². The number of pyridine rings is 1. The van der Waals surface area contributed by atoms with Crippen molar-refractivity contribution in [3.63, 3.8) is 0 Å². The fraction of sp³-hybridized carbons (Fsp3) is 0.421. The third kappa shape index (κ3) is 4.67. The van der Waals surface area contributed by atoms with Gasteiger partial charge in [0.05, 0.1) is 24.0 Å². The predicted octanol–water partition coefficient (Wildman–Crippen LogP) is 1.78. The average Bonchev–Trinajstić information content (AvgIpc) is 3.35. The Morgan fingerprint density at radius 2 is 1.90 bits per heavy atom. The van der Waals surface area contributed by atoms with Crippen LogP contribution in [0.2, 0.25) is 0 Å². The predicted molar refractivity (Wildman–Crippen MR) is 101 cm³/mol. The highest BCUT2D eigenvalue weighted by Crippen LogP contribution is 2.36. The second-order valence-corrected chi connectivity index (χ2v) is 7.23. The first kappa shape index (κ1) is 22.2. The SMILES string of the molecule is Cc1cccc(C(=O)N2CC[C@H]3[C@H]2CC(=O)N3c2cnn(C)c2)n1.O=C(O)C(F)(F)F. The molecule has 2 aliphatic heterocycles. The summed E-state index contributed by atoms with van der Waals surface area (Å²) in [6.07, 6.45) is -0.403. The fourth-order valence-electron chi connectivity index (χ4n) is 3.78. The Balaban J connectivity index is 0.000000339. The lowest BCUT2D eigenvalue weighted by Gasteiger charge is -2.24. The molecule has 0 aliphatic carbocycles. The lowest BCUT2D eigenvalue weighted by atomic mass is 10.1. The number of aliphatic carboxylic acids is 1. The van der Waals surface area contributed by atoms with Gasteiger partial charge in [0.2, 0.25) is 5.91 Å². The lowest BCUT2D eigenvalue weighted by molar-refractivity contribution is -0.192. The fourth-order valence-corrected chi connectivity index (χ4v) is 3.78. The first-order valence-electron chi connectivity index (χ1n) is 9.34. The Morgan fingerprint density at radius 1 is 1.23 bits per heavy atom. The number of carboxylic acids is 1. The summed E-state index contributed by atoms with van der Waals surface area (Å²) in [6.45, 7) is 2.51. The largest absolute Gasteiger partial charge is 0.490 e. The molecule has 4 rings (SSSR count). The molecule has 12 heteroatoms. The van der Waals surface area contributed by atoms with Gasteiger partial charge in [0.25, 0.3) is 5.91 Å². The molecule has 9 nitrogen and oxygen atoms in total. The number of carbonyl (C=O) groups is 3. The molecular formula is C19H20F3N5O4. The zero-order valence-electron chi connectivity index (χ0n) is 16.7. The highest BCUT2D eigenvalue weighted by Gasteiger charge is 2.49. The van der Waals surface area contributed by atoms with Gasteiger partial charge in [-0.2, -0.15) is 18.3 Å². The molecule has 0 unspecified atom stereocenters. The Kier molecular flexibility index (Phi) is 6.00. The van der Waals surface area contributed by atoms with Crippen LogP contribution in [0.25, 0.3) is 0 Å². The zero-order valence-corrected chi connectivity index (χ0v) is 16.7. The van der Waals surface area contributed by atoms with Gasteiger partial charge in [-0.1, -0.05) is 6.07 Å².